The van der Waals surface area contributed by atoms with Gasteiger partial charge in [-0.15, -0.1) is 0 Å². The maximum absolute atomic E-state index is 14.0. The fraction of sp³-hybridized carbons (Fsp3) is 0.366. The SMILES string of the molecule is COc1cc(COCC(CCCN2CCC(C(N)=O)(c3ccccc3)CC2)(c2ccc(Cl)c(Cl)c2)N(C)C(=O)Oc2ccccc2)cc(OC)c1OC. The molecule has 0 aliphatic carbocycles. The summed E-state index contributed by atoms with van der Waals surface area (Å²) < 4.78 is 29.0. The highest BCUT2D eigenvalue weighted by molar-refractivity contribution is 6.42. The number of likely N-dealkylation sites (N-methyl/N-ethyl adjacent to an activating group) is 1. The number of methoxy groups -OCH3 is 3. The van der Waals surface area contributed by atoms with Gasteiger partial charge in [0, 0.05) is 7.05 Å². The molecule has 0 bridgehead atoms. The zero-order valence-electron chi connectivity index (χ0n) is 30.6. The van der Waals surface area contributed by atoms with Crippen LogP contribution in [0, 0.1) is 0 Å². The van der Waals surface area contributed by atoms with Crippen LogP contribution >= 0.6 is 23.2 Å². The summed E-state index contributed by atoms with van der Waals surface area (Å²) >= 11 is 13.0. The van der Waals surface area contributed by atoms with E-state index >= 15 is 0 Å². The predicted molar refractivity (Wildman–Crippen MR) is 206 cm³/mol. The number of primary amides is 1. The van der Waals surface area contributed by atoms with Crippen LogP contribution in [0.1, 0.15) is 42.4 Å². The van der Waals surface area contributed by atoms with Gasteiger partial charge in [0.25, 0.3) is 0 Å². The summed E-state index contributed by atoms with van der Waals surface area (Å²) in [5.74, 6) is 1.58. The number of piperidine rings is 1. The molecular formula is C41H47Cl2N3O7. The summed E-state index contributed by atoms with van der Waals surface area (Å²) in [7, 11) is 6.37. The maximum atomic E-state index is 14.0. The Morgan fingerprint density at radius 1 is 0.849 bits per heavy atom. The molecule has 0 aromatic heterocycles. The number of hydrogen-bond donors (Lipinski definition) is 1. The van der Waals surface area contributed by atoms with Crippen LogP contribution in [0.15, 0.2) is 91.0 Å². The van der Waals surface area contributed by atoms with Gasteiger partial charge in [0.05, 0.1) is 55.5 Å². The van der Waals surface area contributed by atoms with Crippen LogP contribution in [-0.2, 0) is 27.1 Å². The van der Waals surface area contributed by atoms with Crippen molar-refractivity contribution in [2.24, 2.45) is 5.73 Å². The van der Waals surface area contributed by atoms with Crippen LogP contribution in [0.2, 0.25) is 10.0 Å². The minimum atomic E-state index is -1.04. The Labute approximate surface area is 321 Å². The van der Waals surface area contributed by atoms with Gasteiger partial charge in [-0.1, -0.05) is 77.8 Å². The number of nitrogens with two attached hydrogens (primary N) is 1. The molecule has 2 amide bonds. The van der Waals surface area contributed by atoms with E-state index in [-0.39, 0.29) is 19.1 Å². The fourth-order valence-electron chi connectivity index (χ4n) is 7.12. The second-order valence-electron chi connectivity index (χ2n) is 13.2. The van der Waals surface area contributed by atoms with E-state index in [0.29, 0.717) is 78.4 Å². The van der Waals surface area contributed by atoms with Crippen molar-refractivity contribution in [2.45, 2.75) is 43.2 Å². The van der Waals surface area contributed by atoms with Crippen LogP contribution in [0.5, 0.6) is 23.0 Å². The largest absolute Gasteiger partial charge is 0.493 e. The molecule has 0 spiro atoms. The highest BCUT2D eigenvalue weighted by atomic mass is 35.5. The van der Waals surface area contributed by atoms with Gasteiger partial charge in [0.2, 0.25) is 11.7 Å². The summed E-state index contributed by atoms with van der Waals surface area (Å²) in [6.07, 6.45) is 1.82. The third kappa shape index (κ3) is 9.01. The highest BCUT2D eigenvalue weighted by Gasteiger charge is 2.43. The lowest BCUT2D eigenvalue weighted by Gasteiger charge is -2.43. The van der Waals surface area contributed by atoms with Gasteiger partial charge in [-0.25, -0.2) is 4.79 Å². The first-order chi connectivity index (χ1) is 25.6. The van der Waals surface area contributed by atoms with Gasteiger partial charge < -0.3 is 34.3 Å². The molecule has 4 aromatic rings. The van der Waals surface area contributed by atoms with Crippen LogP contribution in [0.25, 0.3) is 0 Å². The Morgan fingerprint density at radius 3 is 2.04 bits per heavy atom. The third-order valence-corrected chi connectivity index (χ3v) is 11.0. The lowest BCUT2D eigenvalue weighted by Crippen LogP contribution is -2.52. The number of hydrogen-bond acceptors (Lipinski definition) is 8. The average molecular weight is 765 g/mol. The molecular weight excluding hydrogens is 717 g/mol. The van der Waals surface area contributed by atoms with Gasteiger partial charge in [0.1, 0.15) is 5.75 Å². The molecule has 1 heterocycles. The van der Waals surface area contributed by atoms with Crippen molar-refractivity contribution in [1.82, 2.24) is 9.80 Å². The number of ether oxygens (including phenoxy) is 5. The third-order valence-electron chi connectivity index (χ3n) is 10.2. The molecule has 10 nitrogen and oxygen atoms in total. The minimum Gasteiger partial charge on any atom is -0.493 e. The molecule has 12 heteroatoms. The quantitative estimate of drug-likeness (QED) is 0.123. The Hall–Kier alpha value is -4.48. The monoisotopic (exact) mass is 763 g/mol. The van der Waals surface area contributed by atoms with Crippen molar-refractivity contribution >= 4 is 35.2 Å². The average Bonchev–Trinajstić information content (AvgIpc) is 3.18. The first-order valence-electron chi connectivity index (χ1n) is 17.5. The Morgan fingerprint density at radius 2 is 1.47 bits per heavy atom. The standard InChI is InChI=1S/C41H47Cl2N3O7/c1-45(39(48)53-32-14-9-6-10-15-32)41(31-16-17-33(42)34(43)26-31,28-52-27-29-24-35(49-2)37(51-4)36(25-29)50-3)18-11-21-46-22-19-40(20-23-46,38(44)47)30-12-7-5-8-13-30/h5-10,12-17,24-26H,11,18-23,27-28H2,1-4H3,(H2,44,47). The number of rotatable bonds is 16. The number of benzene rings is 4. The van der Waals surface area contributed by atoms with Crippen LogP contribution in [0.3, 0.4) is 0 Å². The molecule has 4 aromatic carbocycles. The number of para-hydroxylation sites is 1. The molecule has 282 valence electrons. The number of nitrogens with zero attached hydrogens (tertiary/aromatic N) is 2. The highest BCUT2D eigenvalue weighted by Crippen LogP contribution is 2.41. The summed E-state index contributed by atoms with van der Waals surface area (Å²) in [6, 6.07) is 27.7. The molecule has 5 rings (SSSR count). The van der Waals surface area contributed by atoms with E-state index in [1.807, 2.05) is 54.6 Å². The molecule has 1 atom stereocenters. The molecule has 1 aliphatic heterocycles. The number of carbonyl (C=O) groups is 2. The van der Waals surface area contributed by atoms with Crippen molar-refractivity contribution in [1.29, 1.82) is 0 Å². The van der Waals surface area contributed by atoms with E-state index in [1.165, 1.54) is 0 Å². The van der Waals surface area contributed by atoms with Crippen molar-refractivity contribution in [3.63, 3.8) is 0 Å². The van der Waals surface area contributed by atoms with Crippen molar-refractivity contribution in [3.8, 4) is 23.0 Å². The second-order valence-corrected chi connectivity index (χ2v) is 14.0. The Balaban J connectivity index is 1.42. The van der Waals surface area contributed by atoms with E-state index in [0.717, 1.165) is 16.7 Å². The van der Waals surface area contributed by atoms with Gasteiger partial charge >= 0.3 is 6.09 Å². The van der Waals surface area contributed by atoms with Crippen LogP contribution in [-0.4, -0.2) is 76.4 Å². The first-order valence-corrected chi connectivity index (χ1v) is 18.2. The minimum absolute atomic E-state index is 0.0841. The maximum Gasteiger partial charge on any atom is 0.415 e. The first kappa shape index (κ1) is 39.7. The Kier molecular flexibility index (Phi) is 13.5. The molecule has 1 saturated heterocycles. The molecule has 1 fully saturated rings. The summed E-state index contributed by atoms with van der Waals surface area (Å²) in [5.41, 5.74) is 6.73. The molecule has 53 heavy (non-hydrogen) atoms. The number of carbonyl (C=O) groups excluding carboxylic acids is 2. The summed E-state index contributed by atoms with van der Waals surface area (Å²) in [6.45, 7) is 2.35. The molecule has 1 unspecified atom stereocenters. The van der Waals surface area contributed by atoms with E-state index in [4.69, 9.17) is 52.6 Å². The topological polar surface area (TPSA) is 113 Å². The summed E-state index contributed by atoms with van der Waals surface area (Å²) in [4.78, 5) is 30.7. The zero-order valence-corrected chi connectivity index (χ0v) is 32.1. The molecule has 0 radical (unpaired) electrons. The second kappa shape index (κ2) is 18.0. The van der Waals surface area contributed by atoms with Gasteiger partial charge in [-0.3, -0.25) is 9.69 Å². The molecule has 1 aliphatic rings. The van der Waals surface area contributed by atoms with Crippen LogP contribution in [0.4, 0.5) is 4.79 Å². The number of likely N-dealkylation sites (tertiary alicyclic amines) is 1. The van der Waals surface area contributed by atoms with E-state index in [9.17, 15) is 9.59 Å². The van der Waals surface area contributed by atoms with Gasteiger partial charge in [-0.2, -0.15) is 0 Å². The molecule has 0 saturated carbocycles. The number of amides is 2. The normalized spacial score (nSPS) is 15.2. The van der Waals surface area contributed by atoms with Crippen molar-refractivity contribution in [3.05, 3.63) is 118 Å². The number of halogens is 2. The van der Waals surface area contributed by atoms with Gasteiger partial charge in [0.15, 0.2) is 11.5 Å². The predicted octanol–water partition coefficient (Wildman–Crippen LogP) is 7.86. The lowest BCUT2D eigenvalue weighted by atomic mass is 9.72. The lowest BCUT2D eigenvalue weighted by molar-refractivity contribution is -0.125. The van der Waals surface area contributed by atoms with Crippen molar-refractivity contribution < 1.29 is 33.3 Å². The molecule has 2 N–H and O–H groups in total. The fourth-order valence-corrected chi connectivity index (χ4v) is 7.42. The van der Waals surface area contributed by atoms with E-state index in [2.05, 4.69) is 4.90 Å². The van der Waals surface area contributed by atoms with Gasteiger partial charge in [-0.05, 0) is 98.4 Å². The smallest absolute Gasteiger partial charge is 0.415 e. The van der Waals surface area contributed by atoms with Crippen LogP contribution < -0.4 is 24.7 Å². The van der Waals surface area contributed by atoms with E-state index < -0.39 is 17.0 Å². The zero-order chi connectivity index (χ0) is 38.0. The Bertz CT molecular complexity index is 1810. The summed E-state index contributed by atoms with van der Waals surface area (Å²) in [5, 5.41) is 0.740. The van der Waals surface area contributed by atoms with E-state index in [1.54, 1.807) is 69.7 Å². The van der Waals surface area contributed by atoms with Crippen molar-refractivity contribution in [2.75, 3.05) is 54.6 Å².